The first kappa shape index (κ1) is 14.4. The SMILES string of the molecule is Cn1cc(-c2ccc3c(c2)OCCC3=NO)c(-c2ccncc2)n1. The van der Waals surface area contributed by atoms with Gasteiger partial charge in [0.25, 0.3) is 0 Å². The van der Waals surface area contributed by atoms with Gasteiger partial charge in [0.05, 0.1) is 12.3 Å². The molecule has 4 rings (SSSR count). The van der Waals surface area contributed by atoms with Crippen LogP contribution in [-0.4, -0.2) is 32.3 Å². The summed E-state index contributed by atoms with van der Waals surface area (Å²) in [4.78, 5) is 4.06. The van der Waals surface area contributed by atoms with Crippen molar-refractivity contribution in [1.82, 2.24) is 14.8 Å². The van der Waals surface area contributed by atoms with Gasteiger partial charge in [0.1, 0.15) is 11.4 Å². The Kier molecular flexibility index (Phi) is 3.49. The van der Waals surface area contributed by atoms with E-state index in [0.29, 0.717) is 18.7 Å². The average Bonchev–Trinajstić information content (AvgIpc) is 3.03. The van der Waals surface area contributed by atoms with E-state index < -0.39 is 0 Å². The van der Waals surface area contributed by atoms with Crippen LogP contribution in [0, 0.1) is 0 Å². The van der Waals surface area contributed by atoms with Gasteiger partial charge in [-0.1, -0.05) is 11.2 Å². The second-order valence-electron chi connectivity index (χ2n) is 5.66. The number of rotatable bonds is 2. The molecule has 0 saturated heterocycles. The highest BCUT2D eigenvalue weighted by molar-refractivity contribution is 6.04. The minimum atomic E-state index is 0.514. The van der Waals surface area contributed by atoms with E-state index in [0.717, 1.165) is 33.7 Å². The molecule has 1 aliphatic heterocycles. The van der Waals surface area contributed by atoms with Crippen LogP contribution in [0.4, 0.5) is 0 Å². The number of ether oxygens (including phenoxy) is 1. The highest BCUT2D eigenvalue weighted by Gasteiger charge is 2.20. The number of benzene rings is 1. The molecule has 3 heterocycles. The number of pyridine rings is 1. The fraction of sp³-hybridized carbons (Fsp3) is 0.167. The van der Waals surface area contributed by atoms with Crippen molar-refractivity contribution in [2.45, 2.75) is 6.42 Å². The highest BCUT2D eigenvalue weighted by Crippen LogP contribution is 2.35. The molecule has 0 unspecified atom stereocenters. The Morgan fingerprint density at radius 1 is 1.12 bits per heavy atom. The Morgan fingerprint density at radius 3 is 2.75 bits per heavy atom. The zero-order valence-corrected chi connectivity index (χ0v) is 13.2. The van der Waals surface area contributed by atoms with Gasteiger partial charge in [-0.25, -0.2) is 0 Å². The summed E-state index contributed by atoms with van der Waals surface area (Å²) in [5.74, 6) is 0.732. The van der Waals surface area contributed by atoms with Crippen LogP contribution in [0.3, 0.4) is 0 Å². The molecule has 1 N–H and O–H groups in total. The molecule has 0 spiro atoms. The highest BCUT2D eigenvalue weighted by atomic mass is 16.5. The monoisotopic (exact) mass is 320 g/mol. The van der Waals surface area contributed by atoms with E-state index in [4.69, 9.17) is 9.94 Å². The van der Waals surface area contributed by atoms with Gasteiger partial charge in [0, 0.05) is 48.7 Å². The first-order valence-electron chi connectivity index (χ1n) is 7.69. The van der Waals surface area contributed by atoms with E-state index in [1.165, 1.54) is 0 Å². The summed E-state index contributed by atoms with van der Waals surface area (Å²) >= 11 is 0. The quantitative estimate of drug-likeness (QED) is 0.582. The fourth-order valence-corrected chi connectivity index (χ4v) is 2.97. The zero-order chi connectivity index (χ0) is 16.5. The molecule has 120 valence electrons. The lowest BCUT2D eigenvalue weighted by Gasteiger charge is -2.18. The standard InChI is InChI=1S/C18H16N4O2/c1-22-11-15(18(20-22)12-4-7-19-8-5-12)13-2-3-14-16(21-23)6-9-24-17(14)10-13/h2-5,7-8,10-11,23H,6,9H2,1H3. The maximum atomic E-state index is 9.13. The third-order valence-corrected chi connectivity index (χ3v) is 4.10. The lowest BCUT2D eigenvalue weighted by Crippen LogP contribution is -2.16. The van der Waals surface area contributed by atoms with Crippen LogP contribution in [0.25, 0.3) is 22.4 Å². The number of aromatic nitrogens is 3. The lowest BCUT2D eigenvalue weighted by atomic mass is 9.97. The summed E-state index contributed by atoms with van der Waals surface area (Å²) in [6.45, 7) is 0.514. The van der Waals surface area contributed by atoms with Crippen LogP contribution >= 0.6 is 0 Å². The largest absolute Gasteiger partial charge is 0.492 e. The van der Waals surface area contributed by atoms with E-state index >= 15 is 0 Å². The Bertz CT molecular complexity index is 916. The van der Waals surface area contributed by atoms with Crippen LogP contribution in [0.15, 0.2) is 54.1 Å². The Morgan fingerprint density at radius 2 is 1.96 bits per heavy atom. The third kappa shape index (κ3) is 2.42. The first-order chi connectivity index (χ1) is 11.8. The van der Waals surface area contributed by atoms with Crippen LogP contribution in [0.1, 0.15) is 12.0 Å². The van der Waals surface area contributed by atoms with Gasteiger partial charge in [-0.2, -0.15) is 5.10 Å². The van der Waals surface area contributed by atoms with Gasteiger partial charge in [0.15, 0.2) is 0 Å². The molecule has 1 aromatic carbocycles. The van der Waals surface area contributed by atoms with E-state index in [1.54, 1.807) is 17.1 Å². The van der Waals surface area contributed by atoms with Crippen molar-refractivity contribution < 1.29 is 9.94 Å². The predicted molar refractivity (Wildman–Crippen MR) is 90.3 cm³/mol. The number of aryl methyl sites for hydroxylation is 1. The van der Waals surface area contributed by atoms with E-state index in [9.17, 15) is 0 Å². The fourth-order valence-electron chi connectivity index (χ4n) is 2.97. The summed E-state index contributed by atoms with van der Waals surface area (Å²) < 4.78 is 7.54. The molecule has 6 heteroatoms. The smallest absolute Gasteiger partial charge is 0.129 e. The van der Waals surface area contributed by atoms with E-state index in [1.807, 2.05) is 43.6 Å². The summed E-state index contributed by atoms with van der Waals surface area (Å²) in [5, 5.41) is 17.1. The van der Waals surface area contributed by atoms with Crippen LogP contribution in [0.5, 0.6) is 5.75 Å². The number of oxime groups is 1. The molecule has 0 radical (unpaired) electrons. The molecule has 0 saturated carbocycles. The molecule has 0 amide bonds. The number of hydrogen-bond donors (Lipinski definition) is 1. The molecule has 3 aromatic rings. The van der Waals surface area contributed by atoms with Gasteiger partial charge in [-0.3, -0.25) is 9.67 Å². The van der Waals surface area contributed by atoms with Crippen LogP contribution < -0.4 is 4.74 Å². The predicted octanol–water partition coefficient (Wildman–Crippen LogP) is 3.11. The number of fused-ring (bicyclic) bond motifs is 1. The molecule has 6 nitrogen and oxygen atoms in total. The third-order valence-electron chi connectivity index (χ3n) is 4.10. The maximum Gasteiger partial charge on any atom is 0.129 e. The van der Waals surface area contributed by atoms with Crippen LogP contribution in [-0.2, 0) is 7.05 Å². The van der Waals surface area contributed by atoms with Crippen molar-refractivity contribution in [1.29, 1.82) is 0 Å². The molecular weight excluding hydrogens is 304 g/mol. The minimum Gasteiger partial charge on any atom is -0.492 e. The van der Waals surface area contributed by atoms with Gasteiger partial charge in [0.2, 0.25) is 0 Å². The van der Waals surface area contributed by atoms with E-state index in [-0.39, 0.29) is 0 Å². The van der Waals surface area contributed by atoms with E-state index in [2.05, 4.69) is 15.2 Å². The van der Waals surface area contributed by atoms with Crippen molar-refractivity contribution in [3.05, 3.63) is 54.5 Å². The maximum absolute atomic E-state index is 9.13. The second-order valence-corrected chi connectivity index (χ2v) is 5.66. The van der Waals surface area contributed by atoms with Gasteiger partial charge in [-0.05, 0) is 29.8 Å². The van der Waals surface area contributed by atoms with Crippen molar-refractivity contribution >= 4 is 5.71 Å². The summed E-state index contributed by atoms with van der Waals surface area (Å²) in [6.07, 6.45) is 6.11. The molecule has 0 bridgehead atoms. The number of hydrogen-bond acceptors (Lipinski definition) is 5. The number of nitrogens with zero attached hydrogens (tertiary/aromatic N) is 4. The second kappa shape index (κ2) is 5.81. The molecule has 0 atom stereocenters. The zero-order valence-electron chi connectivity index (χ0n) is 13.2. The Labute approximate surface area is 139 Å². The average molecular weight is 320 g/mol. The first-order valence-corrected chi connectivity index (χ1v) is 7.69. The van der Waals surface area contributed by atoms with Crippen molar-refractivity contribution in [3.8, 4) is 28.1 Å². The Hall–Kier alpha value is -3.15. The van der Waals surface area contributed by atoms with Gasteiger partial charge < -0.3 is 9.94 Å². The van der Waals surface area contributed by atoms with Crippen LogP contribution in [0.2, 0.25) is 0 Å². The Balaban J connectivity index is 1.83. The lowest BCUT2D eigenvalue weighted by molar-refractivity contribution is 0.298. The van der Waals surface area contributed by atoms with Crippen molar-refractivity contribution in [3.63, 3.8) is 0 Å². The van der Waals surface area contributed by atoms with Crippen molar-refractivity contribution in [2.24, 2.45) is 12.2 Å². The summed E-state index contributed by atoms with van der Waals surface area (Å²) in [5.41, 5.74) is 5.42. The van der Waals surface area contributed by atoms with Crippen molar-refractivity contribution in [2.75, 3.05) is 6.61 Å². The topological polar surface area (TPSA) is 72.5 Å². The molecular formula is C18H16N4O2. The molecule has 0 aliphatic carbocycles. The summed E-state index contributed by atoms with van der Waals surface area (Å²) in [7, 11) is 1.90. The minimum absolute atomic E-state index is 0.514. The molecule has 24 heavy (non-hydrogen) atoms. The molecule has 0 fully saturated rings. The summed E-state index contributed by atoms with van der Waals surface area (Å²) in [6, 6.07) is 9.79. The van der Waals surface area contributed by atoms with Gasteiger partial charge in [-0.15, -0.1) is 0 Å². The molecule has 1 aliphatic rings. The molecule has 2 aromatic heterocycles. The van der Waals surface area contributed by atoms with Gasteiger partial charge >= 0.3 is 0 Å². The normalized spacial score (nSPS) is 15.1.